The molecule has 0 radical (unpaired) electrons. The summed E-state index contributed by atoms with van der Waals surface area (Å²) in [6.07, 6.45) is 0.781. The molecule has 1 atom stereocenters. The molecule has 78 valence electrons. The highest BCUT2D eigenvalue weighted by Crippen LogP contribution is 2.20. The van der Waals surface area contributed by atoms with Gasteiger partial charge in [-0.1, -0.05) is 18.2 Å². The van der Waals surface area contributed by atoms with Crippen molar-refractivity contribution in [3.8, 4) is 0 Å². The van der Waals surface area contributed by atoms with Crippen LogP contribution in [0, 0.1) is 0 Å². The fourth-order valence-corrected chi connectivity index (χ4v) is 1.65. The molecular formula is C11H12N2O2. The number of benzene rings is 1. The number of carbonyl (C=O) groups is 2. The van der Waals surface area contributed by atoms with Crippen molar-refractivity contribution in [3.05, 3.63) is 30.3 Å². The average Bonchev–Trinajstić information content (AvgIpc) is 2.26. The van der Waals surface area contributed by atoms with E-state index in [0.717, 1.165) is 0 Å². The number of anilines is 1. The molecule has 1 fully saturated rings. The van der Waals surface area contributed by atoms with Crippen LogP contribution in [-0.4, -0.2) is 17.9 Å². The van der Waals surface area contributed by atoms with Gasteiger partial charge in [0.1, 0.15) is 0 Å². The lowest BCUT2D eigenvalue weighted by atomic mass is 10.0. The SMILES string of the molecule is N[C@H]1CCC(=O)N(c2ccccc2)C1=O. The van der Waals surface area contributed by atoms with Crippen LogP contribution in [0.1, 0.15) is 12.8 Å². The number of imide groups is 1. The predicted molar refractivity (Wildman–Crippen MR) is 56.1 cm³/mol. The molecule has 4 heteroatoms. The van der Waals surface area contributed by atoms with Gasteiger partial charge in [0.25, 0.3) is 5.91 Å². The van der Waals surface area contributed by atoms with E-state index in [0.29, 0.717) is 18.5 Å². The molecule has 1 saturated heterocycles. The van der Waals surface area contributed by atoms with Gasteiger partial charge in [-0.15, -0.1) is 0 Å². The van der Waals surface area contributed by atoms with Crippen molar-refractivity contribution in [3.63, 3.8) is 0 Å². The van der Waals surface area contributed by atoms with E-state index in [1.54, 1.807) is 24.3 Å². The first-order valence-corrected chi connectivity index (χ1v) is 4.87. The number of nitrogens with zero attached hydrogens (tertiary/aromatic N) is 1. The van der Waals surface area contributed by atoms with Crippen molar-refractivity contribution in [2.24, 2.45) is 5.73 Å². The van der Waals surface area contributed by atoms with Gasteiger partial charge < -0.3 is 5.73 Å². The summed E-state index contributed by atoms with van der Waals surface area (Å²) in [6.45, 7) is 0. The van der Waals surface area contributed by atoms with Gasteiger partial charge in [0, 0.05) is 6.42 Å². The Morgan fingerprint density at radius 2 is 1.87 bits per heavy atom. The summed E-state index contributed by atoms with van der Waals surface area (Å²) >= 11 is 0. The van der Waals surface area contributed by atoms with Crippen LogP contribution < -0.4 is 10.6 Å². The van der Waals surface area contributed by atoms with E-state index in [1.165, 1.54) is 4.90 Å². The summed E-state index contributed by atoms with van der Waals surface area (Å²) in [5.41, 5.74) is 6.22. The first-order chi connectivity index (χ1) is 7.20. The van der Waals surface area contributed by atoms with Crippen LogP contribution in [0.25, 0.3) is 0 Å². The first-order valence-electron chi connectivity index (χ1n) is 4.87. The molecule has 1 heterocycles. The average molecular weight is 204 g/mol. The Balaban J connectivity index is 2.34. The van der Waals surface area contributed by atoms with Crippen LogP contribution in [0.15, 0.2) is 30.3 Å². The fraction of sp³-hybridized carbons (Fsp3) is 0.273. The maximum atomic E-state index is 11.7. The summed E-state index contributed by atoms with van der Waals surface area (Å²) in [4.78, 5) is 24.5. The minimum atomic E-state index is -0.553. The zero-order valence-corrected chi connectivity index (χ0v) is 8.22. The second-order valence-electron chi connectivity index (χ2n) is 3.55. The lowest BCUT2D eigenvalue weighted by Gasteiger charge is -2.28. The summed E-state index contributed by atoms with van der Waals surface area (Å²) in [5.74, 6) is -0.481. The quantitative estimate of drug-likeness (QED) is 0.684. The maximum absolute atomic E-state index is 11.7. The van der Waals surface area contributed by atoms with Crippen LogP contribution >= 0.6 is 0 Å². The molecule has 2 N–H and O–H groups in total. The van der Waals surface area contributed by atoms with Crippen LogP contribution in [0.2, 0.25) is 0 Å². The van der Waals surface area contributed by atoms with Crippen LogP contribution in [-0.2, 0) is 9.59 Å². The molecule has 0 aromatic heterocycles. The van der Waals surface area contributed by atoms with Crippen molar-refractivity contribution >= 4 is 17.5 Å². The van der Waals surface area contributed by atoms with Gasteiger partial charge in [0.05, 0.1) is 11.7 Å². The zero-order valence-electron chi connectivity index (χ0n) is 8.22. The van der Waals surface area contributed by atoms with Crippen molar-refractivity contribution in [1.29, 1.82) is 0 Å². The van der Waals surface area contributed by atoms with Crippen LogP contribution in [0.4, 0.5) is 5.69 Å². The van der Waals surface area contributed by atoms with Gasteiger partial charge in [0.2, 0.25) is 5.91 Å². The van der Waals surface area contributed by atoms with E-state index in [4.69, 9.17) is 5.73 Å². The third-order valence-electron chi connectivity index (χ3n) is 2.47. The largest absolute Gasteiger partial charge is 0.320 e. The number of rotatable bonds is 1. The molecule has 1 aliphatic rings. The molecule has 0 spiro atoms. The third-order valence-corrected chi connectivity index (χ3v) is 2.47. The number of hydrogen-bond acceptors (Lipinski definition) is 3. The maximum Gasteiger partial charge on any atom is 0.250 e. The highest BCUT2D eigenvalue weighted by atomic mass is 16.2. The Morgan fingerprint density at radius 3 is 2.53 bits per heavy atom. The van der Waals surface area contributed by atoms with Crippen LogP contribution in [0.3, 0.4) is 0 Å². The Hall–Kier alpha value is -1.68. The number of hydrogen-bond donors (Lipinski definition) is 1. The number of nitrogens with two attached hydrogens (primary N) is 1. The smallest absolute Gasteiger partial charge is 0.250 e. The summed E-state index contributed by atoms with van der Waals surface area (Å²) in [6, 6.07) is 8.32. The molecule has 1 aromatic carbocycles. The lowest BCUT2D eigenvalue weighted by Crippen LogP contribution is -2.51. The minimum absolute atomic E-state index is 0.173. The molecular weight excluding hydrogens is 192 g/mol. The number of amides is 2. The topological polar surface area (TPSA) is 63.4 Å². The molecule has 0 bridgehead atoms. The molecule has 0 aliphatic carbocycles. The molecule has 1 aromatic rings. The van der Waals surface area contributed by atoms with E-state index < -0.39 is 6.04 Å². The van der Waals surface area contributed by atoms with Gasteiger partial charge in [-0.25, -0.2) is 4.90 Å². The molecule has 1 aliphatic heterocycles. The molecule has 0 saturated carbocycles. The predicted octanol–water partition coefficient (Wildman–Crippen LogP) is 0.667. The highest BCUT2D eigenvalue weighted by Gasteiger charge is 2.32. The van der Waals surface area contributed by atoms with Gasteiger partial charge in [-0.05, 0) is 18.6 Å². The second kappa shape index (κ2) is 3.82. The van der Waals surface area contributed by atoms with E-state index >= 15 is 0 Å². The minimum Gasteiger partial charge on any atom is -0.320 e. The first kappa shape index (κ1) is 9.86. The monoisotopic (exact) mass is 204 g/mol. The van der Waals surface area contributed by atoms with Crippen molar-refractivity contribution < 1.29 is 9.59 Å². The van der Waals surface area contributed by atoms with Crippen molar-refractivity contribution in [1.82, 2.24) is 0 Å². The van der Waals surface area contributed by atoms with Gasteiger partial charge >= 0.3 is 0 Å². The van der Waals surface area contributed by atoms with Crippen LogP contribution in [0.5, 0.6) is 0 Å². The zero-order chi connectivity index (χ0) is 10.8. The summed E-state index contributed by atoms with van der Waals surface area (Å²) in [7, 11) is 0. The van der Waals surface area contributed by atoms with E-state index in [-0.39, 0.29) is 11.8 Å². The second-order valence-corrected chi connectivity index (χ2v) is 3.55. The van der Waals surface area contributed by atoms with Gasteiger partial charge in [0.15, 0.2) is 0 Å². The summed E-state index contributed by atoms with van der Waals surface area (Å²) < 4.78 is 0. The van der Waals surface area contributed by atoms with Gasteiger partial charge in [-0.3, -0.25) is 9.59 Å². The van der Waals surface area contributed by atoms with Gasteiger partial charge in [-0.2, -0.15) is 0 Å². The molecule has 15 heavy (non-hydrogen) atoms. The standard InChI is InChI=1S/C11H12N2O2/c12-9-6-7-10(14)13(11(9)15)8-4-2-1-3-5-8/h1-5,9H,6-7,12H2/t9-/m0/s1. The normalized spacial score (nSPS) is 21.9. The summed E-state index contributed by atoms with van der Waals surface area (Å²) in [5, 5.41) is 0. The molecule has 2 rings (SSSR count). The van der Waals surface area contributed by atoms with Crippen molar-refractivity contribution in [2.45, 2.75) is 18.9 Å². The Labute approximate surface area is 87.7 Å². The molecule has 4 nitrogen and oxygen atoms in total. The molecule has 2 amide bonds. The highest BCUT2D eigenvalue weighted by molar-refractivity contribution is 6.18. The Bertz CT molecular complexity index is 389. The van der Waals surface area contributed by atoms with E-state index in [1.807, 2.05) is 6.07 Å². The molecule has 0 unspecified atom stereocenters. The number of carbonyl (C=O) groups excluding carboxylic acids is 2. The fourth-order valence-electron chi connectivity index (χ4n) is 1.65. The third kappa shape index (κ3) is 1.76. The number of piperidine rings is 1. The van der Waals surface area contributed by atoms with E-state index in [2.05, 4.69) is 0 Å². The number of para-hydroxylation sites is 1. The Kier molecular flexibility index (Phi) is 2.51. The Morgan fingerprint density at radius 1 is 1.20 bits per heavy atom. The van der Waals surface area contributed by atoms with E-state index in [9.17, 15) is 9.59 Å². The van der Waals surface area contributed by atoms with Crippen molar-refractivity contribution in [2.75, 3.05) is 4.90 Å². The lowest BCUT2D eigenvalue weighted by molar-refractivity contribution is -0.130.